The van der Waals surface area contributed by atoms with Crippen molar-refractivity contribution in [2.45, 2.75) is 52.0 Å². The third-order valence-electron chi connectivity index (χ3n) is 5.41. The molecular formula is C21H32N2O2. The summed E-state index contributed by atoms with van der Waals surface area (Å²) in [5, 5.41) is 0. The van der Waals surface area contributed by atoms with Gasteiger partial charge in [0.2, 0.25) is 5.91 Å². The van der Waals surface area contributed by atoms with Crippen molar-refractivity contribution in [2.24, 2.45) is 5.92 Å². The van der Waals surface area contributed by atoms with Crippen molar-refractivity contribution in [1.82, 2.24) is 9.80 Å². The Bertz CT molecular complexity index is 535. The summed E-state index contributed by atoms with van der Waals surface area (Å²) >= 11 is 0. The quantitative estimate of drug-likeness (QED) is 0.816. The molecule has 4 nitrogen and oxygen atoms in total. The Hall–Kier alpha value is -1.55. The van der Waals surface area contributed by atoms with Crippen molar-refractivity contribution in [3.63, 3.8) is 0 Å². The van der Waals surface area contributed by atoms with Gasteiger partial charge in [-0.2, -0.15) is 0 Å². The van der Waals surface area contributed by atoms with Crippen LogP contribution in [0.15, 0.2) is 24.3 Å². The molecule has 1 aromatic rings. The van der Waals surface area contributed by atoms with Crippen molar-refractivity contribution in [2.75, 3.05) is 32.8 Å². The molecule has 25 heavy (non-hydrogen) atoms. The van der Waals surface area contributed by atoms with Gasteiger partial charge in [-0.15, -0.1) is 0 Å². The molecule has 0 aliphatic carbocycles. The highest BCUT2D eigenvalue weighted by Gasteiger charge is 2.29. The fraction of sp³-hybridized carbons (Fsp3) is 0.667. The van der Waals surface area contributed by atoms with Crippen LogP contribution in [-0.4, -0.2) is 48.5 Å². The van der Waals surface area contributed by atoms with Gasteiger partial charge in [-0.3, -0.25) is 9.69 Å². The normalized spacial score (nSPS) is 22.4. The summed E-state index contributed by atoms with van der Waals surface area (Å²) in [7, 11) is 0. The van der Waals surface area contributed by atoms with Gasteiger partial charge in [0, 0.05) is 26.2 Å². The summed E-state index contributed by atoms with van der Waals surface area (Å²) in [6.07, 6.45) is 7.08. The molecule has 1 amide bonds. The minimum Gasteiger partial charge on any atom is -0.494 e. The first-order chi connectivity index (χ1) is 12.3. The molecule has 0 saturated carbocycles. The average Bonchev–Trinajstić information content (AvgIpc) is 2.93. The largest absolute Gasteiger partial charge is 0.494 e. The highest BCUT2D eigenvalue weighted by atomic mass is 16.5. The Kier molecular flexibility index (Phi) is 6.74. The van der Waals surface area contributed by atoms with E-state index >= 15 is 0 Å². The Balaban J connectivity index is 1.54. The van der Waals surface area contributed by atoms with Crippen molar-refractivity contribution >= 4 is 5.91 Å². The van der Waals surface area contributed by atoms with Crippen molar-refractivity contribution in [3.8, 4) is 5.75 Å². The molecule has 2 heterocycles. The number of likely N-dealkylation sites (tertiary alicyclic amines) is 2. The van der Waals surface area contributed by atoms with E-state index in [4.69, 9.17) is 4.74 Å². The molecule has 138 valence electrons. The lowest BCUT2D eigenvalue weighted by Crippen LogP contribution is -2.44. The van der Waals surface area contributed by atoms with Gasteiger partial charge in [0.25, 0.3) is 0 Å². The second-order valence-corrected chi connectivity index (χ2v) is 7.39. The van der Waals surface area contributed by atoms with Gasteiger partial charge in [-0.1, -0.05) is 25.0 Å². The highest BCUT2D eigenvalue weighted by Crippen LogP contribution is 2.23. The topological polar surface area (TPSA) is 32.8 Å². The second-order valence-electron chi connectivity index (χ2n) is 7.39. The second kappa shape index (κ2) is 9.23. The molecule has 2 aliphatic rings. The zero-order valence-electron chi connectivity index (χ0n) is 15.6. The third-order valence-corrected chi connectivity index (χ3v) is 5.41. The maximum Gasteiger partial charge on any atom is 0.226 e. The molecule has 0 bridgehead atoms. The zero-order valence-corrected chi connectivity index (χ0v) is 15.6. The Morgan fingerprint density at radius 2 is 1.76 bits per heavy atom. The van der Waals surface area contributed by atoms with Gasteiger partial charge in [-0.05, 0) is 56.8 Å². The van der Waals surface area contributed by atoms with E-state index in [1.165, 1.54) is 31.2 Å². The lowest BCUT2D eigenvalue weighted by Gasteiger charge is -2.34. The van der Waals surface area contributed by atoms with E-state index in [9.17, 15) is 4.79 Å². The number of nitrogens with zero attached hydrogens (tertiary/aromatic N) is 2. The van der Waals surface area contributed by atoms with Crippen molar-refractivity contribution in [1.29, 1.82) is 0 Å². The number of hydrogen-bond acceptors (Lipinski definition) is 3. The molecule has 0 aromatic heterocycles. The van der Waals surface area contributed by atoms with E-state index < -0.39 is 0 Å². The van der Waals surface area contributed by atoms with Crippen LogP contribution in [0.5, 0.6) is 5.75 Å². The first-order valence-electron chi connectivity index (χ1n) is 9.99. The fourth-order valence-electron chi connectivity index (χ4n) is 4.07. The molecule has 0 N–H and O–H groups in total. The number of amides is 1. The van der Waals surface area contributed by atoms with Crippen LogP contribution in [-0.2, 0) is 11.3 Å². The summed E-state index contributed by atoms with van der Waals surface area (Å²) in [4.78, 5) is 17.5. The van der Waals surface area contributed by atoms with E-state index in [0.29, 0.717) is 12.5 Å². The molecular weight excluding hydrogens is 312 g/mol. The van der Waals surface area contributed by atoms with Crippen molar-refractivity contribution in [3.05, 3.63) is 29.8 Å². The van der Waals surface area contributed by atoms with Gasteiger partial charge in [0.1, 0.15) is 5.75 Å². The summed E-state index contributed by atoms with van der Waals surface area (Å²) in [6.45, 7) is 7.56. The first-order valence-corrected chi connectivity index (χ1v) is 9.99. The first kappa shape index (κ1) is 18.2. The van der Waals surface area contributed by atoms with E-state index in [-0.39, 0.29) is 5.92 Å². The van der Waals surface area contributed by atoms with Crippen LogP contribution in [0.2, 0.25) is 0 Å². The summed E-state index contributed by atoms with van der Waals surface area (Å²) in [6, 6.07) is 8.38. The van der Waals surface area contributed by atoms with Gasteiger partial charge < -0.3 is 9.64 Å². The van der Waals surface area contributed by atoms with E-state index in [0.717, 1.165) is 51.3 Å². The SMILES string of the molecule is CCOc1ccc(CN2CCC[C@H](C(=O)N3CCCCCC3)C2)cc1. The van der Waals surface area contributed by atoms with E-state index in [1.807, 2.05) is 19.1 Å². The van der Waals surface area contributed by atoms with Gasteiger partial charge >= 0.3 is 0 Å². The van der Waals surface area contributed by atoms with Gasteiger partial charge in [0.05, 0.1) is 12.5 Å². The number of carbonyl (C=O) groups excluding carboxylic acids is 1. The molecule has 2 fully saturated rings. The van der Waals surface area contributed by atoms with Gasteiger partial charge in [0.15, 0.2) is 0 Å². The van der Waals surface area contributed by atoms with Crippen LogP contribution in [0.1, 0.15) is 51.0 Å². The predicted octanol–water partition coefficient (Wildman–Crippen LogP) is 3.70. The van der Waals surface area contributed by atoms with Gasteiger partial charge in [-0.25, -0.2) is 0 Å². The van der Waals surface area contributed by atoms with Crippen LogP contribution in [0.25, 0.3) is 0 Å². The number of hydrogen-bond donors (Lipinski definition) is 0. The summed E-state index contributed by atoms with van der Waals surface area (Å²) in [5.74, 6) is 1.52. The third kappa shape index (κ3) is 5.21. The van der Waals surface area contributed by atoms with Crippen LogP contribution in [0, 0.1) is 5.92 Å². The average molecular weight is 344 g/mol. The smallest absolute Gasteiger partial charge is 0.226 e. The Morgan fingerprint density at radius 3 is 2.44 bits per heavy atom. The fourth-order valence-corrected chi connectivity index (χ4v) is 4.07. The number of piperidine rings is 1. The predicted molar refractivity (Wildman–Crippen MR) is 101 cm³/mol. The number of benzene rings is 1. The molecule has 0 radical (unpaired) electrons. The van der Waals surface area contributed by atoms with E-state index in [2.05, 4.69) is 21.9 Å². The standard InChI is InChI=1S/C21H32N2O2/c1-2-25-20-11-9-18(10-12-20)16-22-13-7-8-19(17-22)21(24)23-14-5-3-4-6-15-23/h9-12,19H,2-8,13-17H2,1H3/t19-/m0/s1. The summed E-state index contributed by atoms with van der Waals surface area (Å²) < 4.78 is 5.51. The van der Waals surface area contributed by atoms with Crippen LogP contribution >= 0.6 is 0 Å². The molecule has 2 saturated heterocycles. The Morgan fingerprint density at radius 1 is 1.04 bits per heavy atom. The minimum absolute atomic E-state index is 0.189. The Labute approximate surface area is 152 Å². The van der Waals surface area contributed by atoms with E-state index in [1.54, 1.807) is 0 Å². The van der Waals surface area contributed by atoms with Crippen LogP contribution in [0.3, 0.4) is 0 Å². The van der Waals surface area contributed by atoms with Crippen LogP contribution < -0.4 is 4.74 Å². The lowest BCUT2D eigenvalue weighted by atomic mass is 9.96. The monoisotopic (exact) mass is 344 g/mol. The molecule has 0 unspecified atom stereocenters. The number of rotatable bonds is 5. The summed E-state index contributed by atoms with van der Waals surface area (Å²) in [5.41, 5.74) is 1.30. The number of carbonyl (C=O) groups is 1. The lowest BCUT2D eigenvalue weighted by molar-refractivity contribution is -0.137. The van der Waals surface area contributed by atoms with Crippen molar-refractivity contribution < 1.29 is 9.53 Å². The maximum absolute atomic E-state index is 12.9. The number of ether oxygens (including phenoxy) is 1. The molecule has 1 aromatic carbocycles. The molecule has 1 atom stereocenters. The van der Waals surface area contributed by atoms with Crippen LogP contribution in [0.4, 0.5) is 0 Å². The molecule has 2 aliphatic heterocycles. The molecule has 3 rings (SSSR count). The maximum atomic E-state index is 12.9. The molecule has 4 heteroatoms. The molecule has 0 spiro atoms. The zero-order chi connectivity index (χ0) is 17.5. The minimum atomic E-state index is 0.189. The highest BCUT2D eigenvalue weighted by molar-refractivity contribution is 5.79.